The Kier molecular flexibility index (Phi) is 4.92. The molecule has 1 amide bonds. The third-order valence-corrected chi connectivity index (χ3v) is 4.52. The summed E-state index contributed by atoms with van der Waals surface area (Å²) in [6, 6.07) is 0.947. The average Bonchev–Trinajstić information content (AvgIpc) is 2.80. The molecular weight excluding hydrogens is 304 g/mol. The summed E-state index contributed by atoms with van der Waals surface area (Å²) in [5.41, 5.74) is 0.186. The molecule has 1 atom stereocenters. The van der Waals surface area contributed by atoms with E-state index in [1.54, 1.807) is 11.3 Å². The third kappa shape index (κ3) is 3.70. The van der Waals surface area contributed by atoms with Gasteiger partial charge in [-0.2, -0.15) is 0 Å². The fourth-order valence-electron chi connectivity index (χ4n) is 1.99. The van der Waals surface area contributed by atoms with Crippen LogP contribution in [0.5, 0.6) is 0 Å². The van der Waals surface area contributed by atoms with E-state index in [4.69, 9.17) is 0 Å². The quantitative estimate of drug-likeness (QED) is 0.761. The summed E-state index contributed by atoms with van der Waals surface area (Å²) in [5.74, 6) is -0.312. The maximum absolute atomic E-state index is 12.1. The van der Waals surface area contributed by atoms with Gasteiger partial charge in [0.2, 0.25) is 5.91 Å². The molecule has 3 N–H and O–H groups in total. The summed E-state index contributed by atoms with van der Waals surface area (Å²) < 4.78 is 0. The van der Waals surface area contributed by atoms with Crippen molar-refractivity contribution in [3.8, 4) is 0 Å². The number of nitrogens with one attached hydrogen (secondary N) is 3. The van der Waals surface area contributed by atoms with Crippen molar-refractivity contribution in [2.24, 2.45) is 0 Å². The van der Waals surface area contributed by atoms with Crippen LogP contribution in [0.25, 0.3) is 0 Å². The van der Waals surface area contributed by atoms with Crippen LogP contribution in [0.4, 0.5) is 0 Å². The summed E-state index contributed by atoms with van der Waals surface area (Å²) in [7, 11) is 0. The van der Waals surface area contributed by atoms with E-state index in [9.17, 15) is 14.4 Å². The van der Waals surface area contributed by atoms with E-state index in [-0.39, 0.29) is 23.9 Å². The largest absolute Gasteiger partial charge is 0.347 e. The van der Waals surface area contributed by atoms with Gasteiger partial charge in [-0.25, -0.2) is 4.98 Å². The maximum atomic E-state index is 12.1. The Morgan fingerprint density at radius 3 is 2.68 bits per heavy atom. The highest BCUT2D eigenvalue weighted by molar-refractivity contribution is 7.11. The number of nitrogens with zero attached hydrogens (tertiary/aromatic N) is 1. The van der Waals surface area contributed by atoms with Crippen molar-refractivity contribution in [1.82, 2.24) is 20.5 Å². The molecule has 0 aliphatic heterocycles. The van der Waals surface area contributed by atoms with Gasteiger partial charge >= 0.3 is 0 Å². The van der Waals surface area contributed by atoms with Gasteiger partial charge in [0, 0.05) is 16.5 Å². The van der Waals surface area contributed by atoms with Gasteiger partial charge < -0.3 is 5.32 Å². The molecule has 0 bridgehead atoms. The van der Waals surface area contributed by atoms with Crippen LogP contribution < -0.4 is 16.4 Å². The van der Waals surface area contributed by atoms with Crippen molar-refractivity contribution in [3.05, 3.63) is 47.9 Å². The van der Waals surface area contributed by atoms with Crippen molar-refractivity contribution >= 4 is 17.2 Å². The monoisotopic (exact) mass is 322 g/mol. The zero-order valence-electron chi connectivity index (χ0n) is 12.6. The van der Waals surface area contributed by atoms with Gasteiger partial charge in [0.1, 0.15) is 5.01 Å². The van der Waals surface area contributed by atoms with Crippen LogP contribution in [-0.4, -0.2) is 21.1 Å². The van der Waals surface area contributed by atoms with Crippen molar-refractivity contribution < 1.29 is 4.79 Å². The lowest BCUT2D eigenvalue weighted by Gasteiger charge is -2.14. The maximum Gasteiger partial charge on any atom is 0.266 e. The number of carbonyl (C=O) groups is 1. The molecule has 0 aliphatic rings. The number of rotatable bonds is 5. The molecule has 0 saturated heterocycles. The molecule has 0 fully saturated rings. The third-order valence-electron chi connectivity index (χ3n) is 3.33. The minimum atomic E-state index is -0.469. The zero-order chi connectivity index (χ0) is 16.3. The topological polar surface area (TPSA) is 108 Å². The number of aromatic amines is 2. The number of thiazole rings is 1. The van der Waals surface area contributed by atoms with Crippen molar-refractivity contribution in [2.45, 2.75) is 39.7 Å². The number of amides is 1. The van der Waals surface area contributed by atoms with Crippen LogP contribution in [0.3, 0.4) is 0 Å². The first-order chi connectivity index (χ1) is 10.4. The predicted molar refractivity (Wildman–Crippen MR) is 84.2 cm³/mol. The molecule has 0 radical (unpaired) electrons. The van der Waals surface area contributed by atoms with Gasteiger partial charge in [-0.05, 0) is 20.3 Å². The Bertz CT molecular complexity index is 770. The molecule has 0 aliphatic carbocycles. The van der Waals surface area contributed by atoms with Gasteiger partial charge in [0.25, 0.3) is 11.1 Å². The number of aromatic nitrogens is 3. The van der Waals surface area contributed by atoms with E-state index < -0.39 is 11.1 Å². The summed E-state index contributed by atoms with van der Waals surface area (Å²) in [4.78, 5) is 40.4. The van der Waals surface area contributed by atoms with Crippen LogP contribution in [-0.2, 0) is 11.2 Å². The fourth-order valence-corrected chi connectivity index (χ4v) is 3.05. The molecule has 0 saturated carbocycles. The summed E-state index contributed by atoms with van der Waals surface area (Å²) in [6.45, 7) is 5.87. The SMILES string of the molecule is CC[C@H](NC(=O)Cc1cc(=O)[nH][nH]c1=O)c1nc(C)c(C)s1. The molecule has 118 valence electrons. The first kappa shape index (κ1) is 16.2. The van der Waals surface area contributed by atoms with Crippen LogP contribution in [0, 0.1) is 13.8 Å². The molecule has 22 heavy (non-hydrogen) atoms. The Hall–Kier alpha value is -2.22. The number of aryl methyl sites for hydroxylation is 2. The van der Waals surface area contributed by atoms with Crippen LogP contribution >= 0.6 is 11.3 Å². The van der Waals surface area contributed by atoms with E-state index in [0.29, 0.717) is 6.42 Å². The first-order valence-corrected chi connectivity index (χ1v) is 7.76. The fraction of sp³-hybridized carbons (Fsp3) is 0.429. The summed E-state index contributed by atoms with van der Waals surface area (Å²) >= 11 is 1.55. The van der Waals surface area contributed by atoms with Gasteiger partial charge in [0.05, 0.1) is 18.2 Å². The lowest BCUT2D eigenvalue weighted by atomic mass is 10.2. The molecule has 2 aromatic rings. The van der Waals surface area contributed by atoms with Crippen molar-refractivity contribution in [3.63, 3.8) is 0 Å². The highest BCUT2D eigenvalue weighted by Crippen LogP contribution is 2.24. The summed E-state index contributed by atoms with van der Waals surface area (Å²) in [5, 5.41) is 8.08. The number of hydrogen-bond acceptors (Lipinski definition) is 5. The van der Waals surface area contributed by atoms with E-state index in [1.165, 1.54) is 0 Å². The molecule has 2 rings (SSSR count). The molecule has 2 heterocycles. The van der Waals surface area contributed by atoms with Gasteiger partial charge in [0.15, 0.2) is 0 Å². The van der Waals surface area contributed by atoms with Crippen molar-refractivity contribution in [2.75, 3.05) is 0 Å². The van der Waals surface area contributed by atoms with E-state index >= 15 is 0 Å². The highest BCUT2D eigenvalue weighted by atomic mass is 32.1. The van der Waals surface area contributed by atoms with Crippen LogP contribution in [0.1, 0.15) is 40.5 Å². The standard InChI is InChI=1S/C14H18N4O3S/c1-4-10(14-15-7(2)8(3)22-14)16-11(19)5-9-6-12(20)17-18-13(9)21/h6,10H,4-5H2,1-3H3,(H,16,19)(H,17,20)(H,18,21)/t10-/m0/s1. The van der Waals surface area contributed by atoms with E-state index in [2.05, 4.69) is 20.5 Å². The Labute approximate surface area is 130 Å². The Balaban J connectivity index is 2.11. The Morgan fingerprint density at radius 2 is 2.09 bits per heavy atom. The molecule has 8 heteroatoms. The van der Waals surface area contributed by atoms with Crippen LogP contribution in [0.15, 0.2) is 15.7 Å². The average molecular weight is 322 g/mol. The molecule has 0 aromatic carbocycles. The van der Waals surface area contributed by atoms with E-state index in [0.717, 1.165) is 21.6 Å². The minimum absolute atomic E-state index is 0.140. The minimum Gasteiger partial charge on any atom is -0.347 e. The molecule has 0 spiro atoms. The number of H-pyrrole nitrogens is 2. The number of carbonyl (C=O) groups excluding carboxylic acids is 1. The van der Waals surface area contributed by atoms with Gasteiger partial charge in [-0.3, -0.25) is 24.6 Å². The van der Waals surface area contributed by atoms with Crippen molar-refractivity contribution in [1.29, 1.82) is 0 Å². The Morgan fingerprint density at radius 1 is 1.36 bits per heavy atom. The predicted octanol–water partition coefficient (Wildman–Crippen LogP) is 0.947. The lowest BCUT2D eigenvalue weighted by Crippen LogP contribution is -2.32. The van der Waals surface area contributed by atoms with Gasteiger partial charge in [-0.15, -0.1) is 11.3 Å². The normalized spacial score (nSPS) is 12.1. The molecule has 0 unspecified atom stereocenters. The number of hydrogen-bond donors (Lipinski definition) is 3. The summed E-state index contributed by atoms with van der Waals surface area (Å²) in [6.07, 6.45) is 0.558. The molecule has 2 aromatic heterocycles. The second-order valence-corrected chi connectivity index (χ2v) is 6.25. The lowest BCUT2D eigenvalue weighted by molar-refractivity contribution is -0.121. The second kappa shape index (κ2) is 6.69. The van der Waals surface area contributed by atoms with Crippen LogP contribution in [0.2, 0.25) is 0 Å². The molecule has 7 nitrogen and oxygen atoms in total. The smallest absolute Gasteiger partial charge is 0.266 e. The van der Waals surface area contributed by atoms with Gasteiger partial charge in [-0.1, -0.05) is 6.92 Å². The second-order valence-electron chi connectivity index (χ2n) is 5.01. The van der Waals surface area contributed by atoms with E-state index in [1.807, 2.05) is 20.8 Å². The molecular formula is C14H18N4O3S. The first-order valence-electron chi connectivity index (χ1n) is 6.94. The zero-order valence-corrected chi connectivity index (χ0v) is 13.5. The highest BCUT2D eigenvalue weighted by Gasteiger charge is 2.18.